The van der Waals surface area contributed by atoms with Gasteiger partial charge in [-0.2, -0.15) is 0 Å². The van der Waals surface area contributed by atoms with E-state index in [1.807, 2.05) is 0 Å². The van der Waals surface area contributed by atoms with Crippen LogP contribution in [0.1, 0.15) is 11.7 Å². The molecule has 2 aromatic carbocycles. The van der Waals surface area contributed by atoms with Gasteiger partial charge >= 0.3 is 5.76 Å². The summed E-state index contributed by atoms with van der Waals surface area (Å²) >= 11 is 6.15. The molecular weight excluding hydrogens is 380 g/mol. The van der Waals surface area contributed by atoms with E-state index in [1.165, 1.54) is 36.9 Å². The zero-order valence-electron chi connectivity index (χ0n) is 14.1. The van der Waals surface area contributed by atoms with E-state index in [-0.39, 0.29) is 11.4 Å². The Labute approximate surface area is 155 Å². The Morgan fingerprint density at radius 2 is 2.00 bits per heavy atom. The summed E-state index contributed by atoms with van der Waals surface area (Å²) < 4.78 is 39.4. The Morgan fingerprint density at radius 3 is 2.69 bits per heavy atom. The normalized spacial score (nSPS) is 13.2. The van der Waals surface area contributed by atoms with Crippen LogP contribution in [0.15, 0.2) is 56.6 Å². The Morgan fingerprint density at radius 1 is 1.27 bits per heavy atom. The minimum Gasteiger partial charge on any atom is -0.408 e. The maximum Gasteiger partial charge on any atom is 0.419 e. The molecule has 0 aliphatic carbocycles. The highest BCUT2D eigenvalue weighted by molar-refractivity contribution is 7.89. The highest BCUT2D eigenvalue weighted by Crippen LogP contribution is 2.25. The molecule has 0 aliphatic heterocycles. The lowest BCUT2D eigenvalue weighted by atomic mass is 10.1. The van der Waals surface area contributed by atoms with Gasteiger partial charge in [-0.15, -0.1) is 0 Å². The van der Waals surface area contributed by atoms with Crippen molar-refractivity contribution in [1.29, 1.82) is 0 Å². The van der Waals surface area contributed by atoms with Gasteiger partial charge in [0.05, 0.1) is 16.5 Å². The summed E-state index contributed by atoms with van der Waals surface area (Å²) in [6.07, 6.45) is -0.541. The Bertz CT molecular complexity index is 1100. The van der Waals surface area contributed by atoms with Crippen molar-refractivity contribution in [2.75, 3.05) is 13.7 Å². The smallest absolute Gasteiger partial charge is 0.408 e. The second kappa shape index (κ2) is 7.24. The van der Waals surface area contributed by atoms with Gasteiger partial charge in [-0.1, -0.05) is 29.8 Å². The number of rotatable bonds is 6. The summed E-state index contributed by atoms with van der Waals surface area (Å²) in [7, 11) is -0.823. The molecule has 0 unspecified atom stereocenters. The maximum atomic E-state index is 12.6. The third kappa shape index (κ3) is 3.54. The number of hydrogen-bond donors (Lipinski definition) is 1. The van der Waals surface area contributed by atoms with Gasteiger partial charge in [0.1, 0.15) is 0 Å². The van der Waals surface area contributed by atoms with Crippen molar-refractivity contribution in [3.05, 3.63) is 63.6 Å². The highest BCUT2D eigenvalue weighted by Gasteiger charge is 2.20. The van der Waals surface area contributed by atoms with Crippen molar-refractivity contribution in [1.82, 2.24) is 9.29 Å². The first-order valence-electron chi connectivity index (χ1n) is 7.70. The average Bonchev–Trinajstić information content (AvgIpc) is 2.91. The molecule has 1 aromatic heterocycles. The van der Waals surface area contributed by atoms with E-state index in [2.05, 4.69) is 4.72 Å². The minimum atomic E-state index is -3.82. The van der Waals surface area contributed by atoms with Gasteiger partial charge in [0.25, 0.3) is 0 Å². The van der Waals surface area contributed by atoms with Gasteiger partial charge in [-0.3, -0.25) is 4.57 Å². The topological polar surface area (TPSA) is 90.5 Å². The SMILES string of the molecule is CO[C@@H](CNS(=O)(=O)c1ccc2oc(=O)n(C)c2c1)c1ccccc1Cl. The quantitative estimate of drug-likeness (QED) is 0.691. The van der Waals surface area contributed by atoms with Crippen LogP contribution in [0, 0.1) is 0 Å². The number of aromatic nitrogens is 1. The number of ether oxygens (including phenoxy) is 1. The second-order valence-electron chi connectivity index (χ2n) is 5.65. The number of sulfonamides is 1. The van der Waals surface area contributed by atoms with Crippen molar-refractivity contribution < 1.29 is 17.6 Å². The lowest BCUT2D eigenvalue weighted by Gasteiger charge is -2.18. The standard InChI is InChI=1S/C17H17ClN2O5S/c1-20-14-9-11(7-8-15(14)25-17(20)21)26(22,23)19-10-16(24-2)12-5-3-4-6-13(12)18/h3-9,16,19H,10H2,1-2H3/t16-/m0/s1. The number of benzene rings is 2. The van der Waals surface area contributed by atoms with Crippen molar-refractivity contribution in [3.8, 4) is 0 Å². The fourth-order valence-electron chi connectivity index (χ4n) is 2.60. The summed E-state index contributed by atoms with van der Waals surface area (Å²) in [5.41, 5.74) is 1.40. The van der Waals surface area contributed by atoms with Crippen molar-refractivity contribution in [2.24, 2.45) is 7.05 Å². The molecule has 0 radical (unpaired) electrons. The van der Waals surface area contributed by atoms with Gasteiger partial charge in [0, 0.05) is 31.3 Å². The van der Waals surface area contributed by atoms with E-state index >= 15 is 0 Å². The van der Waals surface area contributed by atoms with E-state index in [0.29, 0.717) is 21.7 Å². The average molecular weight is 397 g/mol. The molecule has 3 aromatic rings. The van der Waals surface area contributed by atoms with Crippen LogP contribution < -0.4 is 10.5 Å². The van der Waals surface area contributed by atoms with Crippen LogP contribution in [0.25, 0.3) is 11.1 Å². The molecule has 1 atom stereocenters. The van der Waals surface area contributed by atoms with Crippen molar-refractivity contribution in [3.63, 3.8) is 0 Å². The lowest BCUT2D eigenvalue weighted by molar-refractivity contribution is 0.107. The molecule has 0 bridgehead atoms. The van der Waals surface area contributed by atoms with E-state index in [9.17, 15) is 13.2 Å². The first-order chi connectivity index (χ1) is 12.3. The highest BCUT2D eigenvalue weighted by atomic mass is 35.5. The monoisotopic (exact) mass is 396 g/mol. The summed E-state index contributed by atoms with van der Waals surface area (Å²) in [6, 6.07) is 11.3. The summed E-state index contributed by atoms with van der Waals surface area (Å²) in [6.45, 7) is 0.00488. The Balaban J connectivity index is 1.85. The van der Waals surface area contributed by atoms with Gasteiger partial charge < -0.3 is 9.15 Å². The molecule has 0 aliphatic rings. The number of hydrogen-bond acceptors (Lipinski definition) is 5. The number of oxazole rings is 1. The summed E-state index contributed by atoms with van der Waals surface area (Å²) in [4.78, 5) is 11.6. The molecule has 9 heteroatoms. The summed E-state index contributed by atoms with van der Waals surface area (Å²) in [5.74, 6) is -0.555. The van der Waals surface area contributed by atoms with Crippen LogP contribution in [0.5, 0.6) is 0 Å². The molecule has 26 heavy (non-hydrogen) atoms. The molecule has 0 saturated carbocycles. The zero-order chi connectivity index (χ0) is 18.9. The summed E-state index contributed by atoms with van der Waals surface area (Å²) in [5, 5.41) is 0.494. The lowest BCUT2D eigenvalue weighted by Crippen LogP contribution is -2.29. The van der Waals surface area contributed by atoms with E-state index in [0.717, 1.165) is 0 Å². The number of methoxy groups -OCH3 is 1. The fourth-order valence-corrected chi connectivity index (χ4v) is 3.91. The molecule has 1 N–H and O–H groups in total. The number of nitrogens with one attached hydrogen (secondary N) is 1. The van der Waals surface area contributed by atoms with Crippen LogP contribution in [0.4, 0.5) is 0 Å². The van der Waals surface area contributed by atoms with Gasteiger partial charge in [-0.25, -0.2) is 17.9 Å². The van der Waals surface area contributed by atoms with Gasteiger partial charge in [0.2, 0.25) is 10.0 Å². The second-order valence-corrected chi connectivity index (χ2v) is 7.83. The zero-order valence-corrected chi connectivity index (χ0v) is 15.7. The van der Waals surface area contributed by atoms with Gasteiger partial charge in [-0.05, 0) is 24.3 Å². The number of nitrogens with zero attached hydrogens (tertiary/aromatic N) is 1. The third-order valence-corrected chi connectivity index (χ3v) is 5.83. The van der Waals surface area contributed by atoms with E-state index < -0.39 is 21.9 Å². The van der Waals surface area contributed by atoms with Gasteiger partial charge in [0.15, 0.2) is 5.58 Å². The molecule has 3 rings (SSSR count). The van der Waals surface area contributed by atoms with Crippen LogP contribution in [-0.2, 0) is 21.8 Å². The molecule has 0 fully saturated rings. The number of halogens is 1. The predicted molar refractivity (Wildman–Crippen MR) is 97.8 cm³/mol. The molecule has 138 valence electrons. The molecule has 0 spiro atoms. The predicted octanol–water partition coefficient (Wildman–Crippen LogP) is 2.45. The molecule has 1 heterocycles. The third-order valence-electron chi connectivity index (χ3n) is 4.07. The molecule has 7 nitrogen and oxygen atoms in total. The number of aryl methyl sites for hydroxylation is 1. The van der Waals surface area contributed by atoms with Crippen LogP contribution in [0.2, 0.25) is 5.02 Å². The first-order valence-corrected chi connectivity index (χ1v) is 9.56. The molecular formula is C17H17ClN2O5S. The first kappa shape index (κ1) is 18.7. The maximum absolute atomic E-state index is 12.6. The Kier molecular flexibility index (Phi) is 5.19. The minimum absolute atomic E-state index is 0.00488. The molecule has 0 saturated heterocycles. The van der Waals surface area contributed by atoms with Crippen molar-refractivity contribution >= 4 is 32.7 Å². The van der Waals surface area contributed by atoms with E-state index in [1.54, 1.807) is 24.3 Å². The van der Waals surface area contributed by atoms with Crippen LogP contribution >= 0.6 is 11.6 Å². The number of fused-ring (bicyclic) bond motifs is 1. The van der Waals surface area contributed by atoms with E-state index in [4.69, 9.17) is 20.8 Å². The van der Waals surface area contributed by atoms with Crippen molar-refractivity contribution in [2.45, 2.75) is 11.0 Å². The van der Waals surface area contributed by atoms with Crippen LogP contribution in [-0.4, -0.2) is 26.6 Å². The molecule has 0 amide bonds. The van der Waals surface area contributed by atoms with Crippen LogP contribution in [0.3, 0.4) is 0 Å². The fraction of sp³-hybridized carbons (Fsp3) is 0.235. The largest absolute Gasteiger partial charge is 0.419 e. The Hall–Kier alpha value is -2.13.